The van der Waals surface area contributed by atoms with E-state index in [1.807, 2.05) is 68.7 Å². The summed E-state index contributed by atoms with van der Waals surface area (Å²) in [7, 11) is 5.71. The Morgan fingerprint density at radius 1 is 1.08 bits per heavy atom. The standard InChI is InChI=1S/C20H24N2O2/c1-22(2)15-14-21-18-9-7-17(8-10-18)20(23)13-6-16-4-11-19(24-3)12-5-16/h4-13,21H,14-15H2,1-3H3/b13-6+. The molecule has 0 radical (unpaired) electrons. The van der Waals surface area contributed by atoms with Gasteiger partial charge in [0.05, 0.1) is 7.11 Å². The van der Waals surface area contributed by atoms with Gasteiger partial charge >= 0.3 is 0 Å². The summed E-state index contributed by atoms with van der Waals surface area (Å²) in [6.45, 7) is 1.84. The molecule has 0 spiro atoms. The van der Waals surface area contributed by atoms with Crippen molar-refractivity contribution in [2.75, 3.05) is 39.6 Å². The molecule has 2 aromatic rings. The quantitative estimate of drug-likeness (QED) is 0.595. The van der Waals surface area contributed by atoms with Crippen LogP contribution in [0.4, 0.5) is 5.69 Å². The maximum absolute atomic E-state index is 12.2. The smallest absolute Gasteiger partial charge is 0.185 e. The average Bonchev–Trinajstić information content (AvgIpc) is 2.60. The van der Waals surface area contributed by atoms with Gasteiger partial charge in [-0.3, -0.25) is 4.79 Å². The molecule has 4 heteroatoms. The zero-order chi connectivity index (χ0) is 17.4. The first-order valence-electron chi connectivity index (χ1n) is 7.93. The minimum absolute atomic E-state index is 0.00865. The van der Waals surface area contributed by atoms with Gasteiger partial charge in [-0.1, -0.05) is 18.2 Å². The molecule has 2 rings (SSSR count). The molecule has 126 valence electrons. The van der Waals surface area contributed by atoms with E-state index in [-0.39, 0.29) is 5.78 Å². The number of nitrogens with zero attached hydrogens (tertiary/aromatic N) is 1. The van der Waals surface area contributed by atoms with Gasteiger partial charge in [-0.05, 0) is 62.1 Å². The van der Waals surface area contributed by atoms with Crippen molar-refractivity contribution in [3.8, 4) is 5.75 Å². The maximum atomic E-state index is 12.2. The lowest BCUT2D eigenvalue weighted by atomic mass is 10.1. The Bertz CT molecular complexity index is 674. The Morgan fingerprint density at radius 3 is 2.33 bits per heavy atom. The molecule has 2 aromatic carbocycles. The lowest BCUT2D eigenvalue weighted by Gasteiger charge is -2.11. The first-order valence-corrected chi connectivity index (χ1v) is 7.93. The van der Waals surface area contributed by atoms with Gasteiger partial charge in [-0.2, -0.15) is 0 Å². The van der Waals surface area contributed by atoms with Crippen molar-refractivity contribution >= 4 is 17.5 Å². The van der Waals surface area contributed by atoms with Crippen molar-refractivity contribution in [2.45, 2.75) is 0 Å². The predicted octanol–water partition coefficient (Wildman–Crippen LogP) is 3.56. The molecular formula is C20H24N2O2. The van der Waals surface area contributed by atoms with Crippen molar-refractivity contribution in [1.29, 1.82) is 0 Å². The Hall–Kier alpha value is -2.59. The highest BCUT2D eigenvalue weighted by Gasteiger charge is 2.02. The fourth-order valence-corrected chi connectivity index (χ4v) is 2.16. The zero-order valence-corrected chi connectivity index (χ0v) is 14.5. The minimum Gasteiger partial charge on any atom is -0.497 e. The van der Waals surface area contributed by atoms with E-state index in [0.29, 0.717) is 5.56 Å². The number of likely N-dealkylation sites (N-methyl/N-ethyl adjacent to an activating group) is 1. The van der Waals surface area contributed by atoms with Gasteiger partial charge in [0.1, 0.15) is 5.75 Å². The first-order chi connectivity index (χ1) is 11.6. The molecule has 0 bridgehead atoms. The lowest BCUT2D eigenvalue weighted by Crippen LogP contribution is -2.20. The second kappa shape index (κ2) is 8.89. The average molecular weight is 324 g/mol. The summed E-state index contributed by atoms with van der Waals surface area (Å²) < 4.78 is 5.12. The van der Waals surface area contributed by atoms with Crippen molar-refractivity contribution in [1.82, 2.24) is 4.90 Å². The summed E-state index contributed by atoms with van der Waals surface area (Å²) in [6, 6.07) is 15.1. The third-order valence-electron chi connectivity index (χ3n) is 3.60. The third kappa shape index (κ3) is 5.56. The normalized spacial score (nSPS) is 11.0. The predicted molar refractivity (Wildman–Crippen MR) is 99.8 cm³/mol. The second-order valence-corrected chi connectivity index (χ2v) is 5.78. The highest BCUT2D eigenvalue weighted by Crippen LogP contribution is 2.14. The van der Waals surface area contributed by atoms with Crippen LogP contribution in [0.25, 0.3) is 6.08 Å². The van der Waals surface area contributed by atoms with E-state index in [1.165, 1.54) is 0 Å². The third-order valence-corrected chi connectivity index (χ3v) is 3.60. The molecule has 0 saturated heterocycles. The van der Waals surface area contributed by atoms with Crippen LogP contribution in [-0.4, -0.2) is 45.0 Å². The Balaban J connectivity index is 1.92. The van der Waals surface area contributed by atoms with E-state index in [1.54, 1.807) is 13.2 Å². The number of ketones is 1. The molecule has 0 aromatic heterocycles. The van der Waals surface area contributed by atoms with Crippen molar-refractivity contribution < 1.29 is 9.53 Å². The molecule has 1 N–H and O–H groups in total. The summed E-state index contributed by atoms with van der Waals surface area (Å²) in [5.74, 6) is 0.793. The van der Waals surface area contributed by atoms with E-state index >= 15 is 0 Å². The minimum atomic E-state index is -0.00865. The molecule has 0 amide bonds. The molecule has 0 atom stereocenters. The molecule has 0 unspecified atom stereocenters. The molecule has 0 heterocycles. The van der Waals surface area contributed by atoms with Crippen LogP contribution in [0.1, 0.15) is 15.9 Å². The number of ether oxygens (including phenoxy) is 1. The fraction of sp³-hybridized carbons (Fsp3) is 0.250. The number of methoxy groups -OCH3 is 1. The first kappa shape index (κ1) is 17.8. The Kier molecular flexibility index (Phi) is 6.58. The molecule has 0 aliphatic heterocycles. The van der Waals surface area contributed by atoms with Crippen LogP contribution in [0, 0.1) is 0 Å². The molecular weight excluding hydrogens is 300 g/mol. The topological polar surface area (TPSA) is 41.6 Å². The lowest BCUT2D eigenvalue weighted by molar-refractivity contribution is 0.104. The number of anilines is 1. The summed E-state index contributed by atoms with van der Waals surface area (Å²) >= 11 is 0. The number of nitrogens with one attached hydrogen (secondary N) is 1. The number of allylic oxidation sites excluding steroid dienone is 1. The van der Waals surface area contributed by atoms with Crippen LogP contribution in [0.2, 0.25) is 0 Å². The van der Waals surface area contributed by atoms with E-state index in [4.69, 9.17) is 4.74 Å². The summed E-state index contributed by atoms with van der Waals surface area (Å²) in [5.41, 5.74) is 2.66. The Morgan fingerprint density at radius 2 is 1.75 bits per heavy atom. The molecule has 0 fully saturated rings. The van der Waals surface area contributed by atoms with E-state index < -0.39 is 0 Å². The second-order valence-electron chi connectivity index (χ2n) is 5.78. The van der Waals surface area contributed by atoms with Crippen molar-refractivity contribution in [2.24, 2.45) is 0 Å². The number of hydrogen-bond acceptors (Lipinski definition) is 4. The SMILES string of the molecule is COc1ccc(/C=C/C(=O)c2ccc(NCCN(C)C)cc2)cc1. The number of benzene rings is 2. The van der Waals surface area contributed by atoms with Gasteiger partial charge in [0.15, 0.2) is 5.78 Å². The molecule has 0 aliphatic rings. The maximum Gasteiger partial charge on any atom is 0.185 e. The monoisotopic (exact) mass is 324 g/mol. The molecule has 0 aliphatic carbocycles. The van der Waals surface area contributed by atoms with Crippen molar-refractivity contribution in [3.63, 3.8) is 0 Å². The van der Waals surface area contributed by atoms with Gasteiger partial charge in [0.25, 0.3) is 0 Å². The summed E-state index contributed by atoms with van der Waals surface area (Å²) in [5, 5.41) is 3.33. The number of carbonyl (C=O) groups excluding carboxylic acids is 1. The highest BCUT2D eigenvalue weighted by molar-refractivity contribution is 6.06. The van der Waals surface area contributed by atoms with Crippen LogP contribution in [-0.2, 0) is 0 Å². The largest absolute Gasteiger partial charge is 0.497 e. The Labute approximate surface area is 143 Å². The van der Waals surface area contributed by atoms with Crippen LogP contribution >= 0.6 is 0 Å². The zero-order valence-electron chi connectivity index (χ0n) is 14.5. The van der Waals surface area contributed by atoms with Crippen molar-refractivity contribution in [3.05, 3.63) is 65.7 Å². The summed E-state index contributed by atoms with van der Waals surface area (Å²) in [4.78, 5) is 14.3. The van der Waals surface area contributed by atoms with Crippen LogP contribution in [0.5, 0.6) is 5.75 Å². The highest BCUT2D eigenvalue weighted by atomic mass is 16.5. The van der Waals surface area contributed by atoms with E-state index in [9.17, 15) is 4.79 Å². The van der Waals surface area contributed by atoms with Crippen LogP contribution in [0.15, 0.2) is 54.6 Å². The van der Waals surface area contributed by atoms with E-state index in [0.717, 1.165) is 30.1 Å². The summed E-state index contributed by atoms with van der Waals surface area (Å²) in [6.07, 6.45) is 3.40. The van der Waals surface area contributed by atoms with Gasteiger partial charge < -0.3 is 15.0 Å². The van der Waals surface area contributed by atoms with Crippen LogP contribution < -0.4 is 10.1 Å². The molecule has 0 saturated carbocycles. The van der Waals surface area contributed by atoms with Gasteiger partial charge in [0, 0.05) is 24.3 Å². The van der Waals surface area contributed by atoms with Crippen LogP contribution in [0.3, 0.4) is 0 Å². The number of hydrogen-bond donors (Lipinski definition) is 1. The van der Waals surface area contributed by atoms with Gasteiger partial charge in [-0.25, -0.2) is 0 Å². The molecule has 24 heavy (non-hydrogen) atoms. The fourth-order valence-electron chi connectivity index (χ4n) is 2.16. The van der Waals surface area contributed by atoms with Gasteiger partial charge in [-0.15, -0.1) is 0 Å². The number of carbonyl (C=O) groups is 1. The molecule has 4 nitrogen and oxygen atoms in total. The van der Waals surface area contributed by atoms with Gasteiger partial charge in [0.2, 0.25) is 0 Å². The van der Waals surface area contributed by atoms with E-state index in [2.05, 4.69) is 10.2 Å². The number of rotatable bonds is 8.